The third-order valence-electron chi connectivity index (χ3n) is 11.4. The van der Waals surface area contributed by atoms with Gasteiger partial charge in [0.15, 0.2) is 6.10 Å². The zero-order valence-corrected chi connectivity index (χ0v) is 47.2. The van der Waals surface area contributed by atoms with Gasteiger partial charge >= 0.3 is 25.7 Å². The molecule has 0 radical (unpaired) electrons. The smallest absolute Gasteiger partial charge is 0.462 e. The molecule has 0 amide bonds. The van der Waals surface area contributed by atoms with Crippen LogP contribution in [0.1, 0.15) is 213 Å². The highest BCUT2D eigenvalue weighted by Gasteiger charge is 2.28. The summed E-state index contributed by atoms with van der Waals surface area (Å²) in [6, 6.07) is 0. The number of phosphoric ester groups is 1. The summed E-state index contributed by atoms with van der Waals surface area (Å²) in [5.74, 6) is -1.59. The second-order valence-corrected chi connectivity index (χ2v) is 19.8. The van der Waals surface area contributed by atoms with E-state index in [1.165, 1.54) is 12.8 Å². The highest BCUT2D eigenvalue weighted by molar-refractivity contribution is 7.47. The van der Waals surface area contributed by atoms with Gasteiger partial charge in [-0.05, 0) is 109 Å². The van der Waals surface area contributed by atoms with Gasteiger partial charge in [0.05, 0.1) is 19.8 Å². The van der Waals surface area contributed by atoms with Crippen LogP contribution in [-0.4, -0.2) is 66.5 Å². The van der Waals surface area contributed by atoms with Crippen molar-refractivity contribution in [2.75, 3.05) is 26.4 Å². The summed E-state index contributed by atoms with van der Waals surface area (Å²) in [4.78, 5) is 48.5. The molecule has 0 aromatic carbocycles. The van der Waals surface area contributed by atoms with Crippen molar-refractivity contribution in [1.82, 2.24) is 0 Å². The van der Waals surface area contributed by atoms with Crippen LogP contribution in [-0.2, 0) is 42.2 Å². The third-order valence-corrected chi connectivity index (χ3v) is 12.3. The summed E-state index contributed by atoms with van der Waals surface area (Å²) in [7, 11) is -4.78. The Labute approximate surface area is 449 Å². The number of rotatable bonds is 51. The van der Waals surface area contributed by atoms with Gasteiger partial charge in [0.1, 0.15) is 12.7 Å². The van der Waals surface area contributed by atoms with Crippen LogP contribution in [0.3, 0.4) is 0 Å². The predicted octanol–water partition coefficient (Wildman–Crippen LogP) is 16.8. The molecule has 3 atom stereocenters. The highest BCUT2D eigenvalue weighted by atomic mass is 31.2. The molecule has 0 saturated heterocycles. The van der Waals surface area contributed by atoms with E-state index in [1.54, 1.807) is 0 Å². The SMILES string of the molecule is CC/C=C\C/C=C\C/C=C\C/C=C\CCC(=O)OC(CO)COP(=O)(O)OCC(COC(=O)CCCCCCCCC/C=C\C/C=C\C/C=C\CC)OC(=O)CCCCCCCCC/C=C\C/C=C\C/C=C\CC. The van der Waals surface area contributed by atoms with Gasteiger partial charge in [-0.2, -0.15) is 0 Å². The third kappa shape index (κ3) is 52.7. The summed E-state index contributed by atoms with van der Waals surface area (Å²) in [5, 5.41) is 9.79. The van der Waals surface area contributed by atoms with E-state index >= 15 is 0 Å². The standard InChI is InChI=1S/C62H101O11P/c1-4-7-10-13-16-19-22-25-27-29-31-34-36-39-42-45-48-51-60(64)69-55-59(73-62(66)53-50-47-44-41-38-35-32-30-28-26-23-20-17-14-11-8-5-2)57-71-74(67,68)70-56-58(54-63)72-61(65)52-49-46-43-40-37-33-24-21-18-15-12-9-6-3/h7-12,16-21,25-28,33,37,43,46,58-59,63H,4-6,13-15,22-24,29-32,34-36,38-42,44-45,47-57H2,1-3H3,(H,67,68)/b10-7-,11-8-,12-9-,19-16-,20-17-,21-18-,27-25-,28-26-,37-33-,46-43-. The Hall–Kier alpha value is -4.12. The average molecular weight is 1050 g/mol. The van der Waals surface area contributed by atoms with E-state index in [0.29, 0.717) is 19.3 Å². The first kappa shape index (κ1) is 69.9. The van der Waals surface area contributed by atoms with Gasteiger partial charge in [-0.3, -0.25) is 23.4 Å². The predicted molar refractivity (Wildman–Crippen MR) is 306 cm³/mol. The summed E-state index contributed by atoms with van der Waals surface area (Å²) in [6.07, 6.45) is 67.4. The monoisotopic (exact) mass is 1050 g/mol. The Bertz CT molecular complexity index is 1700. The fraction of sp³-hybridized carbons (Fsp3) is 0.629. The lowest BCUT2D eigenvalue weighted by molar-refractivity contribution is -0.161. The van der Waals surface area contributed by atoms with Gasteiger partial charge in [-0.25, -0.2) is 4.57 Å². The van der Waals surface area contributed by atoms with E-state index in [2.05, 4.69) is 124 Å². The molecule has 0 aromatic rings. The Kier molecular flexibility index (Phi) is 52.1. The number of aliphatic hydroxyl groups is 1. The van der Waals surface area contributed by atoms with Crippen molar-refractivity contribution >= 4 is 25.7 Å². The van der Waals surface area contributed by atoms with Crippen LogP contribution >= 0.6 is 7.82 Å². The number of phosphoric acid groups is 1. The van der Waals surface area contributed by atoms with Crippen LogP contribution in [0.25, 0.3) is 0 Å². The first-order chi connectivity index (χ1) is 36.2. The Morgan fingerprint density at radius 3 is 1.09 bits per heavy atom. The van der Waals surface area contributed by atoms with Crippen molar-refractivity contribution < 1.29 is 52.2 Å². The van der Waals surface area contributed by atoms with Gasteiger partial charge in [0, 0.05) is 19.3 Å². The number of hydrogen-bond donors (Lipinski definition) is 2. The van der Waals surface area contributed by atoms with Crippen molar-refractivity contribution in [2.45, 2.75) is 226 Å². The van der Waals surface area contributed by atoms with Crippen LogP contribution in [0.4, 0.5) is 0 Å². The minimum absolute atomic E-state index is 0.0492. The van der Waals surface area contributed by atoms with Crippen LogP contribution in [0.2, 0.25) is 0 Å². The lowest BCUT2D eigenvalue weighted by Crippen LogP contribution is -2.30. The maximum Gasteiger partial charge on any atom is 0.472 e. The normalized spacial score (nSPS) is 14.3. The van der Waals surface area contributed by atoms with E-state index in [-0.39, 0.29) is 25.9 Å². The molecule has 0 aliphatic rings. The molecular weight excluding hydrogens is 952 g/mol. The number of allylic oxidation sites excluding steroid dienone is 20. The number of carbonyl (C=O) groups is 3. The van der Waals surface area contributed by atoms with Crippen molar-refractivity contribution in [2.24, 2.45) is 0 Å². The molecule has 12 heteroatoms. The number of unbranched alkanes of at least 4 members (excludes halogenated alkanes) is 14. The van der Waals surface area contributed by atoms with Crippen LogP contribution in [0.15, 0.2) is 122 Å². The Morgan fingerprint density at radius 2 is 0.689 bits per heavy atom. The van der Waals surface area contributed by atoms with Crippen LogP contribution < -0.4 is 0 Å². The van der Waals surface area contributed by atoms with Crippen molar-refractivity contribution in [3.63, 3.8) is 0 Å². The quantitative estimate of drug-likeness (QED) is 0.0197. The fourth-order valence-electron chi connectivity index (χ4n) is 7.16. The van der Waals surface area contributed by atoms with Gasteiger partial charge in [0.2, 0.25) is 0 Å². The topological polar surface area (TPSA) is 155 Å². The van der Waals surface area contributed by atoms with Gasteiger partial charge in [-0.15, -0.1) is 0 Å². The molecule has 0 saturated carbocycles. The fourth-order valence-corrected chi connectivity index (χ4v) is 7.95. The first-order valence-corrected chi connectivity index (χ1v) is 29.9. The zero-order valence-electron chi connectivity index (χ0n) is 46.3. The highest BCUT2D eigenvalue weighted by Crippen LogP contribution is 2.43. The molecule has 420 valence electrons. The first-order valence-electron chi connectivity index (χ1n) is 28.4. The van der Waals surface area contributed by atoms with Gasteiger partial charge in [-0.1, -0.05) is 206 Å². The second kappa shape index (κ2) is 55.1. The summed E-state index contributed by atoms with van der Waals surface area (Å²) in [5.41, 5.74) is 0. The summed E-state index contributed by atoms with van der Waals surface area (Å²) < 4.78 is 39.4. The Balaban J connectivity index is 4.83. The molecule has 3 unspecified atom stereocenters. The lowest BCUT2D eigenvalue weighted by atomic mass is 10.1. The Morgan fingerprint density at radius 1 is 0.378 bits per heavy atom. The van der Waals surface area contributed by atoms with E-state index < -0.39 is 57.8 Å². The van der Waals surface area contributed by atoms with E-state index in [0.717, 1.165) is 141 Å². The number of aliphatic hydroxyl groups excluding tert-OH is 1. The van der Waals surface area contributed by atoms with Crippen LogP contribution in [0.5, 0.6) is 0 Å². The maximum atomic E-state index is 12.9. The molecule has 74 heavy (non-hydrogen) atoms. The van der Waals surface area contributed by atoms with E-state index in [9.17, 15) is 28.9 Å². The molecule has 0 aliphatic heterocycles. The molecular formula is C62H101O11P. The number of hydrogen-bond acceptors (Lipinski definition) is 10. The maximum absolute atomic E-state index is 12.9. The minimum atomic E-state index is -4.78. The van der Waals surface area contributed by atoms with Gasteiger partial charge < -0.3 is 24.2 Å². The number of ether oxygens (including phenoxy) is 3. The molecule has 0 spiro atoms. The molecule has 0 fully saturated rings. The molecule has 0 bridgehead atoms. The van der Waals surface area contributed by atoms with Gasteiger partial charge in [0.25, 0.3) is 0 Å². The van der Waals surface area contributed by atoms with Crippen molar-refractivity contribution in [3.8, 4) is 0 Å². The largest absolute Gasteiger partial charge is 0.472 e. The average Bonchev–Trinajstić information content (AvgIpc) is 3.39. The summed E-state index contributed by atoms with van der Waals surface area (Å²) in [6.45, 7) is 4.19. The summed E-state index contributed by atoms with van der Waals surface area (Å²) >= 11 is 0. The zero-order chi connectivity index (χ0) is 54.1. The molecule has 11 nitrogen and oxygen atoms in total. The molecule has 2 N–H and O–H groups in total. The van der Waals surface area contributed by atoms with Crippen molar-refractivity contribution in [1.29, 1.82) is 0 Å². The molecule has 0 rings (SSSR count). The number of esters is 3. The second-order valence-electron chi connectivity index (χ2n) is 18.3. The van der Waals surface area contributed by atoms with E-state index in [1.807, 2.05) is 18.2 Å². The molecule has 0 aromatic heterocycles. The number of carbonyl (C=O) groups excluding carboxylic acids is 3. The molecule has 0 aliphatic carbocycles. The van der Waals surface area contributed by atoms with Crippen LogP contribution in [0, 0.1) is 0 Å². The lowest BCUT2D eigenvalue weighted by Gasteiger charge is -2.21. The molecule has 0 heterocycles. The van der Waals surface area contributed by atoms with E-state index in [4.69, 9.17) is 23.3 Å². The van der Waals surface area contributed by atoms with Crippen molar-refractivity contribution in [3.05, 3.63) is 122 Å². The minimum Gasteiger partial charge on any atom is -0.462 e.